The number of rotatable bonds is 3. The van der Waals surface area contributed by atoms with Crippen LogP contribution in [0.3, 0.4) is 0 Å². The van der Waals surface area contributed by atoms with E-state index in [0.717, 1.165) is 27.1 Å². The number of amides is 1. The molecule has 0 saturated heterocycles. The normalized spacial score (nSPS) is 17.8. The third-order valence-corrected chi connectivity index (χ3v) is 8.20. The minimum Gasteiger partial charge on any atom is -0.485 e. The van der Waals surface area contributed by atoms with Crippen molar-refractivity contribution in [3.63, 3.8) is 0 Å². The summed E-state index contributed by atoms with van der Waals surface area (Å²) in [5, 5.41) is 5.06. The van der Waals surface area contributed by atoms with E-state index in [1.807, 2.05) is 54.6 Å². The molecule has 0 aliphatic carbocycles. The summed E-state index contributed by atoms with van der Waals surface area (Å²) in [5.41, 5.74) is 2.27. The number of carbonyl (C=O) groups is 1. The van der Waals surface area contributed by atoms with Crippen molar-refractivity contribution in [1.29, 1.82) is 0 Å². The van der Waals surface area contributed by atoms with Crippen LogP contribution < -0.4 is 24.5 Å². The molecule has 2 aromatic heterocycles. The molecule has 0 fully saturated rings. The van der Waals surface area contributed by atoms with Gasteiger partial charge < -0.3 is 14.4 Å². The van der Waals surface area contributed by atoms with Crippen molar-refractivity contribution in [2.45, 2.75) is 12.6 Å². The van der Waals surface area contributed by atoms with Crippen LogP contribution in [0.4, 0.5) is 5.69 Å². The molecular weight excluding hydrogens is 592 g/mol. The van der Waals surface area contributed by atoms with Crippen LogP contribution in [0.5, 0.6) is 11.5 Å². The number of benzene rings is 3. The lowest BCUT2D eigenvalue weighted by atomic mass is 10.1. The Morgan fingerprint density at radius 3 is 2.63 bits per heavy atom. The van der Waals surface area contributed by atoms with Crippen molar-refractivity contribution in [3.8, 4) is 11.5 Å². The van der Waals surface area contributed by atoms with E-state index in [1.54, 1.807) is 17.0 Å². The van der Waals surface area contributed by atoms with Crippen LogP contribution in [0, 0.1) is 0 Å². The van der Waals surface area contributed by atoms with Gasteiger partial charge in [0.05, 0.1) is 17.8 Å². The topological polar surface area (TPSA) is 86.0 Å². The van der Waals surface area contributed by atoms with Gasteiger partial charge in [-0.2, -0.15) is 9.50 Å². The van der Waals surface area contributed by atoms with E-state index in [0.29, 0.717) is 49.5 Å². The molecule has 0 bridgehead atoms. The van der Waals surface area contributed by atoms with Gasteiger partial charge in [-0.3, -0.25) is 9.59 Å². The highest BCUT2D eigenvalue weighted by Gasteiger charge is 2.35. The molecule has 4 heterocycles. The summed E-state index contributed by atoms with van der Waals surface area (Å²) in [4.78, 5) is 33.9. The van der Waals surface area contributed by atoms with Crippen molar-refractivity contribution in [2.75, 3.05) is 11.5 Å². The number of carbonyl (C=O) groups excluding carboxylic acids is 1. The predicted molar refractivity (Wildman–Crippen MR) is 147 cm³/mol. The number of halogens is 2. The van der Waals surface area contributed by atoms with Crippen molar-refractivity contribution < 1.29 is 14.3 Å². The first kappa shape index (κ1) is 23.4. The van der Waals surface area contributed by atoms with Crippen molar-refractivity contribution in [2.24, 2.45) is 0 Å². The third kappa shape index (κ3) is 3.79. The van der Waals surface area contributed by atoms with E-state index >= 15 is 0 Å². The summed E-state index contributed by atoms with van der Waals surface area (Å²) in [7, 11) is 0. The van der Waals surface area contributed by atoms with Gasteiger partial charge in [0, 0.05) is 15.1 Å². The van der Waals surface area contributed by atoms with Gasteiger partial charge in [-0.25, -0.2) is 0 Å². The summed E-state index contributed by atoms with van der Waals surface area (Å²) in [6.07, 6.45) is -0.549. The van der Waals surface area contributed by atoms with E-state index in [4.69, 9.17) is 21.1 Å². The first-order chi connectivity index (χ1) is 18.5. The summed E-state index contributed by atoms with van der Waals surface area (Å²) in [6, 6.07) is 20.3. The molecule has 38 heavy (non-hydrogen) atoms. The first-order valence-electron chi connectivity index (χ1n) is 11.6. The Morgan fingerprint density at radius 1 is 1.05 bits per heavy atom. The summed E-state index contributed by atoms with van der Waals surface area (Å²) >= 11 is 10.7. The van der Waals surface area contributed by atoms with Gasteiger partial charge >= 0.3 is 0 Å². The van der Waals surface area contributed by atoms with Crippen LogP contribution in [-0.4, -0.2) is 27.1 Å². The number of anilines is 1. The van der Waals surface area contributed by atoms with Crippen LogP contribution in [0.25, 0.3) is 10.5 Å². The zero-order valence-electron chi connectivity index (χ0n) is 19.4. The molecule has 7 rings (SSSR count). The Morgan fingerprint density at radius 2 is 1.84 bits per heavy atom. The fraction of sp³-hybridized carbons (Fsp3) is 0.111. The Hall–Kier alpha value is -3.73. The molecule has 0 saturated carbocycles. The number of ether oxygens (including phenoxy) is 2. The molecule has 0 N–H and O–H groups in total. The van der Waals surface area contributed by atoms with E-state index < -0.39 is 11.7 Å². The largest absolute Gasteiger partial charge is 0.485 e. The Labute approximate surface area is 232 Å². The summed E-state index contributed by atoms with van der Waals surface area (Å²) in [5.74, 6) is 1.35. The number of hydrogen-bond donors (Lipinski definition) is 0. The van der Waals surface area contributed by atoms with Crippen LogP contribution in [0.2, 0.25) is 5.02 Å². The Bertz CT molecular complexity index is 1870. The lowest BCUT2D eigenvalue weighted by Crippen LogP contribution is -2.32. The minimum atomic E-state index is -0.549. The van der Waals surface area contributed by atoms with Crippen molar-refractivity contribution in [1.82, 2.24) is 14.6 Å². The smallest absolute Gasteiger partial charge is 0.291 e. The standard InChI is InChI=1S/C27H16BrClN4O4S/c28-15-7-10-18-17(11-15)22(25(34)32(18)12-14-5-8-16(29)9-6-14)23-26(35)33-27(38-23)30-24(31-33)21-13-36-19-3-1-2-4-20(19)37-21/h1-11,21H,12-13H2. The van der Waals surface area contributed by atoms with Gasteiger partial charge in [0.1, 0.15) is 11.1 Å². The number of thiazole rings is 1. The highest BCUT2D eigenvalue weighted by molar-refractivity contribution is 9.10. The SMILES string of the molecule is O=C1C(=c2sc3nc(C4COc5ccccc5O4)nn3c2=O)c2cc(Br)ccc2N1Cc1ccc(Cl)cc1. The number of para-hydroxylation sites is 2. The second-order valence-electron chi connectivity index (χ2n) is 8.82. The molecule has 1 unspecified atom stereocenters. The van der Waals surface area contributed by atoms with Gasteiger partial charge in [0.2, 0.25) is 4.96 Å². The molecule has 3 aromatic carbocycles. The lowest BCUT2D eigenvalue weighted by Gasteiger charge is -2.24. The zero-order chi connectivity index (χ0) is 26.0. The number of fused-ring (bicyclic) bond motifs is 3. The molecule has 2 aliphatic heterocycles. The van der Waals surface area contributed by atoms with Crippen LogP contribution in [0.15, 0.2) is 76.0 Å². The molecule has 2 aliphatic rings. The summed E-state index contributed by atoms with van der Waals surface area (Å²) in [6.45, 7) is 0.570. The van der Waals surface area contributed by atoms with E-state index in [1.165, 1.54) is 4.52 Å². The quantitative estimate of drug-likeness (QED) is 0.299. The molecule has 1 amide bonds. The molecule has 0 radical (unpaired) electrons. The lowest BCUT2D eigenvalue weighted by molar-refractivity contribution is -0.113. The zero-order valence-corrected chi connectivity index (χ0v) is 22.6. The maximum Gasteiger partial charge on any atom is 0.291 e. The van der Waals surface area contributed by atoms with Gasteiger partial charge in [0.25, 0.3) is 11.5 Å². The van der Waals surface area contributed by atoms with E-state index in [-0.39, 0.29) is 12.5 Å². The fourth-order valence-corrected chi connectivity index (χ4v) is 6.13. The minimum absolute atomic E-state index is 0.229. The van der Waals surface area contributed by atoms with Gasteiger partial charge in [-0.1, -0.05) is 63.1 Å². The van der Waals surface area contributed by atoms with Gasteiger partial charge in [-0.15, -0.1) is 5.10 Å². The maximum absolute atomic E-state index is 13.8. The number of nitrogens with zero attached hydrogens (tertiary/aromatic N) is 4. The predicted octanol–water partition coefficient (Wildman–Crippen LogP) is 4.54. The van der Waals surface area contributed by atoms with Gasteiger partial charge in [0.15, 0.2) is 23.4 Å². The monoisotopic (exact) mass is 606 g/mol. The fourth-order valence-electron chi connectivity index (χ4n) is 4.64. The molecule has 1 atom stereocenters. The van der Waals surface area contributed by atoms with Crippen LogP contribution >= 0.6 is 38.9 Å². The second kappa shape index (κ2) is 8.93. The van der Waals surface area contributed by atoms with Crippen LogP contribution in [-0.2, 0) is 11.3 Å². The average molecular weight is 608 g/mol. The van der Waals surface area contributed by atoms with E-state index in [9.17, 15) is 9.59 Å². The molecule has 8 nitrogen and oxygen atoms in total. The first-order valence-corrected chi connectivity index (χ1v) is 13.6. The molecular formula is C27H16BrClN4O4S. The summed E-state index contributed by atoms with van der Waals surface area (Å²) < 4.78 is 14.1. The molecule has 0 spiro atoms. The number of aromatic nitrogens is 3. The second-order valence-corrected chi connectivity index (χ2v) is 11.1. The molecule has 188 valence electrons. The Balaban J connectivity index is 1.30. The van der Waals surface area contributed by atoms with E-state index in [2.05, 4.69) is 26.0 Å². The van der Waals surface area contributed by atoms with Crippen LogP contribution in [0.1, 0.15) is 23.1 Å². The van der Waals surface area contributed by atoms with Crippen molar-refractivity contribution in [3.05, 3.63) is 108 Å². The third-order valence-electron chi connectivity index (χ3n) is 6.43. The molecule has 11 heteroatoms. The highest BCUT2D eigenvalue weighted by atomic mass is 79.9. The van der Waals surface area contributed by atoms with Crippen molar-refractivity contribution >= 4 is 61.0 Å². The maximum atomic E-state index is 13.8. The Kier molecular flexibility index (Phi) is 5.50. The van der Waals surface area contributed by atoms with Gasteiger partial charge in [-0.05, 0) is 48.0 Å². The average Bonchev–Trinajstić information content (AvgIpc) is 3.55. The highest BCUT2D eigenvalue weighted by Crippen LogP contribution is 2.39. The number of hydrogen-bond acceptors (Lipinski definition) is 7. The molecule has 5 aromatic rings.